The number of fused-ring (bicyclic) bond motifs is 10. The summed E-state index contributed by atoms with van der Waals surface area (Å²) >= 11 is 1.82. The van der Waals surface area contributed by atoms with E-state index in [-0.39, 0.29) is 0 Å². The molecule has 0 spiro atoms. The Kier molecular flexibility index (Phi) is 7.09. The Morgan fingerprint density at radius 1 is 0.439 bits per heavy atom. The fourth-order valence-electron chi connectivity index (χ4n) is 8.90. The molecular formula is C51H33N5S. The molecule has 3 aromatic heterocycles. The van der Waals surface area contributed by atoms with Crippen LogP contribution in [-0.4, -0.2) is 20.8 Å². The number of rotatable bonds is 5. The molecule has 0 saturated heterocycles. The Bertz CT molecular complexity index is 3440. The van der Waals surface area contributed by atoms with E-state index in [9.17, 15) is 0 Å². The Morgan fingerprint density at radius 3 is 1.84 bits per heavy atom. The normalized spacial score (nSPS) is 14.5. The number of aliphatic imine (C=N–C) groups is 2. The zero-order valence-corrected chi connectivity index (χ0v) is 31.5. The number of nitrogens with one attached hydrogen (secondary N) is 1. The Morgan fingerprint density at radius 2 is 1.04 bits per heavy atom. The van der Waals surface area contributed by atoms with Gasteiger partial charge in [-0.25, -0.2) is 9.98 Å². The van der Waals surface area contributed by atoms with Gasteiger partial charge in [-0.2, -0.15) is 0 Å². The van der Waals surface area contributed by atoms with E-state index in [2.05, 4.69) is 196 Å². The maximum Gasteiger partial charge on any atom is 0.225 e. The number of para-hydroxylation sites is 2. The van der Waals surface area contributed by atoms with Crippen LogP contribution in [0, 0.1) is 0 Å². The highest BCUT2D eigenvalue weighted by molar-refractivity contribution is 7.25. The summed E-state index contributed by atoms with van der Waals surface area (Å²) in [5.41, 5.74) is 10.0. The topological polar surface area (TPSA) is 46.6 Å². The van der Waals surface area contributed by atoms with Gasteiger partial charge in [0.05, 0.1) is 22.1 Å². The summed E-state index contributed by atoms with van der Waals surface area (Å²) in [6, 6.07) is 67.2. The maximum absolute atomic E-state index is 5.60. The molecule has 6 heteroatoms. The summed E-state index contributed by atoms with van der Waals surface area (Å²) < 4.78 is 7.32. The van der Waals surface area contributed by atoms with Gasteiger partial charge in [-0.15, -0.1) is 11.3 Å². The van der Waals surface area contributed by atoms with Crippen molar-refractivity contribution in [3.8, 4) is 16.8 Å². The van der Waals surface area contributed by atoms with Crippen LogP contribution in [0.25, 0.3) is 80.6 Å². The van der Waals surface area contributed by atoms with Gasteiger partial charge >= 0.3 is 0 Å². The lowest BCUT2D eigenvalue weighted by Gasteiger charge is -2.25. The first-order valence-electron chi connectivity index (χ1n) is 19.3. The summed E-state index contributed by atoms with van der Waals surface area (Å²) in [5.74, 6) is 1.59. The molecule has 12 rings (SSSR count). The average Bonchev–Trinajstić information content (AvgIpc) is 3.95. The Balaban J connectivity index is 1.19. The lowest BCUT2D eigenvalue weighted by molar-refractivity contribution is 0.576. The van der Waals surface area contributed by atoms with Crippen LogP contribution < -0.4 is 5.32 Å². The van der Waals surface area contributed by atoms with Crippen molar-refractivity contribution in [3.63, 3.8) is 0 Å². The van der Waals surface area contributed by atoms with Crippen LogP contribution in [0.2, 0.25) is 0 Å². The van der Waals surface area contributed by atoms with Crippen LogP contribution in [0.3, 0.4) is 0 Å². The highest BCUT2D eigenvalue weighted by Gasteiger charge is 2.28. The number of amidine groups is 2. The van der Waals surface area contributed by atoms with Crippen molar-refractivity contribution in [2.24, 2.45) is 9.98 Å². The van der Waals surface area contributed by atoms with Crippen LogP contribution in [0.15, 0.2) is 198 Å². The lowest BCUT2D eigenvalue weighted by atomic mass is 10.0. The molecule has 268 valence electrons. The van der Waals surface area contributed by atoms with E-state index in [0.717, 1.165) is 50.6 Å². The highest BCUT2D eigenvalue weighted by atomic mass is 32.1. The minimum absolute atomic E-state index is 0.605. The first kappa shape index (κ1) is 32.0. The van der Waals surface area contributed by atoms with E-state index in [1.54, 1.807) is 0 Å². The van der Waals surface area contributed by atoms with Gasteiger partial charge < -0.3 is 9.88 Å². The number of hydrogen-bond donors (Lipinski definition) is 1. The van der Waals surface area contributed by atoms with Crippen molar-refractivity contribution in [2.75, 3.05) is 0 Å². The van der Waals surface area contributed by atoms with E-state index in [4.69, 9.17) is 9.98 Å². The average molecular weight is 748 g/mol. The van der Waals surface area contributed by atoms with Gasteiger partial charge in [0.15, 0.2) is 0 Å². The van der Waals surface area contributed by atoms with Crippen molar-refractivity contribution in [1.82, 2.24) is 14.5 Å². The van der Waals surface area contributed by atoms with E-state index >= 15 is 0 Å². The predicted molar refractivity (Wildman–Crippen MR) is 240 cm³/mol. The zero-order valence-electron chi connectivity index (χ0n) is 30.7. The second-order valence-electron chi connectivity index (χ2n) is 14.6. The third-order valence-electron chi connectivity index (χ3n) is 11.4. The molecule has 5 nitrogen and oxygen atoms in total. The van der Waals surface area contributed by atoms with Crippen molar-refractivity contribution >= 4 is 86.8 Å². The van der Waals surface area contributed by atoms with E-state index in [0.29, 0.717) is 0 Å². The number of aromatic nitrogens is 2. The molecule has 1 N–H and O–H groups in total. The summed E-state index contributed by atoms with van der Waals surface area (Å²) in [6.07, 6.45) is -0.605. The molecule has 0 bridgehead atoms. The maximum atomic E-state index is 5.60. The predicted octanol–water partition coefficient (Wildman–Crippen LogP) is 12.9. The van der Waals surface area contributed by atoms with Crippen LogP contribution in [0.1, 0.15) is 17.4 Å². The van der Waals surface area contributed by atoms with E-state index < -0.39 is 6.29 Å². The van der Waals surface area contributed by atoms with Crippen LogP contribution >= 0.6 is 11.3 Å². The molecule has 8 aromatic carbocycles. The second kappa shape index (κ2) is 12.6. The molecule has 0 fully saturated rings. The minimum Gasteiger partial charge on any atom is -0.324 e. The number of benzene rings is 8. The number of hydrogen-bond acceptors (Lipinski definition) is 4. The molecule has 0 radical (unpaired) electrons. The Hall–Kier alpha value is -7.28. The third-order valence-corrected chi connectivity index (χ3v) is 12.5. The molecule has 0 saturated carbocycles. The molecule has 1 aliphatic heterocycles. The van der Waals surface area contributed by atoms with Crippen molar-refractivity contribution in [2.45, 2.75) is 6.29 Å². The molecule has 11 aromatic rings. The molecule has 1 atom stereocenters. The molecule has 0 aliphatic carbocycles. The number of nitrogens with zero attached hydrogens (tertiary/aromatic N) is 4. The van der Waals surface area contributed by atoms with Gasteiger partial charge in [0.2, 0.25) is 6.29 Å². The zero-order chi connectivity index (χ0) is 37.5. The Labute approximate surface area is 332 Å². The van der Waals surface area contributed by atoms with Crippen molar-refractivity contribution in [1.29, 1.82) is 0 Å². The molecule has 0 amide bonds. The SMILES string of the molecule is c1ccc(C2=NC(n3c4ccccc4c4ccc5c6ccccc6n(-c6cccc(-c7ccccc7)c6)c5c43)N=C(c3cccc4sc5ccccc5c34)N2)cc1. The molecule has 1 unspecified atom stereocenters. The van der Waals surface area contributed by atoms with Gasteiger partial charge in [0.1, 0.15) is 11.7 Å². The van der Waals surface area contributed by atoms with Gasteiger partial charge in [0, 0.05) is 58.5 Å². The van der Waals surface area contributed by atoms with Gasteiger partial charge in [0.25, 0.3) is 0 Å². The van der Waals surface area contributed by atoms with E-state index in [1.807, 2.05) is 17.4 Å². The fraction of sp³-hybridized carbons (Fsp3) is 0.0196. The van der Waals surface area contributed by atoms with Crippen molar-refractivity contribution in [3.05, 3.63) is 199 Å². The summed E-state index contributed by atoms with van der Waals surface area (Å²) in [4.78, 5) is 11.1. The monoisotopic (exact) mass is 747 g/mol. The van der Waals surface area contributed by atoms with Crippen LogP contribution in [-0.2, 0) is 0 Å². The summed E-state index contributed by atoms with van der Waals surface area (Å²) in [7, 11) is 0. The second-order valence-corrected chi connectivity index (χ2v) is 15.7. The molecule has 57 heavy (non-hydrogen) atoms. The van der Waals surface area contributed by atoms with E-state index in [1.165, 1.54) is 52.8 Å². The fourth-order valence-corrected chi connectivity index (χ4v) is 10.0. The molecule has 1 aliphatic rings. The van der Waals surface area contributed by atoms with Crippen molar-refractivity contribution < 1.29 is 0 Å². The first-order valence-corrected chi connectivity index (χ1v) is 20.1. The minimum atomic E-state index is -0.605. The first-order chi connectivity index (χ1) is 28.3. The summed E-state index contributed by atoms with van der Waals surface area (Å²) in [6.45, 7) is 0. The summed E-state index contributed by atoms with van der Waals surface area (Å²) in [5, 5.41) is 10.9. The molecule has 4 heterocycles. The lowest BCUT2D eigenvalue weighted by Crippen LogP contribution is -2.37. The standard InChI is InChI=1S/C51H33N5S/c1-3-15-32(16-4-1)34-19-13-20-35(31-34)55-42-25-10-7-21-36(42)38-29-30-39-37-22-8-11-26-43(37)56(48(39)47(38)55)51-53-49(33-17-5-2-6-18-33)52-50(54-51)41-24-14-28-45-46(41)40-23-9-12-27-44(40)57-45/h1-31,51H,(H,52,53,54). The quantitative estimate of drug-likeness (QED) is 0.187. The molecular weight excluding hydrogens is 715 g/mol. The number of thiophene rings is 1. The smallest absolute Gasteiger partial charge is 0.225 e. The van der Waals surface area contributed by atoms with Gasteiger partial charge in [-0.3, -0.25) is 4.57 Å². The van der Waals surface area contributed by atoms with Gasteiger partial charge in [-0.1, -0.05) is 152 Å². The van der Waals surface area contributed by atoms with Crippen LogP contribution in [0.5, 0.6) is 0 Å². The highest BCUT2D eigenvalue weighted by Crippen LogP contribution is 2.43. The van der Waals surface area contributed by atoms with Gasteiger partial charge in [-0.05, 0) is 47.5 Å². The third kappa shape index (κ3) is 4.94. The largest absolute Gasteiger partial charge is 0.324 e. The van der Waals surface area contributed by atoms with Crippen LogP contribution in [0.4, 0.5) is 0 Å².